The molecular formula is C14H17NO4. The highest BCUT2D eigenvalue weighted by Gasteiger charge is 2.35. The number of amides is 1. The number of rotatable bonds is 5. The van der Waals surface area contributed by atoms with Crippen molar-refractivity contribution >= 4 is 11.9 Å². The van der Waals surface area contributed by atoms with E-state index in [0.29, 0.717) is 30.8 Å². The van der Waals surface area contributed by atoms with Gasteiger partial charge in [-0.3, -0.25) is 9.59 Å². The first-order valence-corrected chi connectivity index (χ1v) is 6.37. The second-order valence-corrected chi connectivity index (χ2v) is 4.61. The predicted molar refractivity (Wildman–Crippen MR) is 69.2 cm³/mol. The molecule has 2 rings (SSSR count). The number of ether oxygens (including phenoxy) is 1. The van der Waals surface area contributed by atoms with Crippen LogP contribution in [-0.4, -0.2) is 29.6 Å². The summed E-state index contributed by atoms with van der Waals surface area (Å²) in [5, 5.41) is 11.6. The Morgan fingerprint density at radius 3 is 2.68 bits per heavy atom. The Kier molecular flexibility index (Phi) is 4.04. The van der Waals surface area contributed by atoms with Crippen molar-refractivity contribution in [3.63, 3.8) is 0 Å². The van der Waals surface area contributed by atoms with Gasteiger partial charge in [-0.15, -0.1) is 0 Å². The number of hydrogen-bond acceptors (Lipinski definition) is 3. The highest BCUT2D eigenvalue weighted by Crippen LogP contribution is 2.28. The average molecular weight is 263 g/mol. The van der Waals surface area contributed by atoms with Crippen LogP contribution in [0.3, 0.4) is 0 Å². The van der Waals surface area contributed by atoms with Crippen LogP contribution in [0.5, 0.6) is 5.75 Å². The number of carboxylic acids is 1. The summed E-state index contributed by atoms with van der Waals surface area (Å²) in [6, 6.07) is 6.99. The molecule has 5 heteroatoms. The Hall–Kier alpha value is -2.04. The molecule has 0 unspecified atom stereocenters. The van der Waals surface area contributed by atoms with Gasteiger partial charge in [-0.05, 0) is 31.9 Å². The number of carbonyl (C=O) groups is 2. The van der Waals surface area contributed by atoms with E-state index in [1.807, 2.05) is 13.0 Å². The number of carboxylic acid groups (broad SMARTS) is 1. The third-order valence-corrected chi connectivity index (χ3v) is 3.25. The maximum Gasteiger partial charge on any atom is 0.306 e. The van der Waals surface area contributed by atoms with Crippen molar-refractivity contribution in [2.24, 2.45) is 5.92 Å². The Balaban J connectivity index is 1.96. The summed E-state index contributed by atoms with van der Waals surface area (Å²) in [6.45, 7) is 2.35. The van der Waals surface area contributed by atoms with Gasteiger partial charge in [0.05, 0.1) is 18.1 Å². The molecule has 0 bridgehead atoms. The summed E-state index contributed by atoms with van der Waals surface area (Å²) in [6.07, 6.45) is 0.996. The molecule has 1 saturated carbocycles. The SMILES string of the molecule is CCOc1ccccc1C(=O)NC1CC(C(=O)O)C1. The van der Waals surface area contributed by atoms with E-state index in [1.54, 1.807) is 18.2 Å². The van der Waals surface area contributed by atoms with E-state index in [9.17, 15) is 9.59 Å². The monoisotopic (exact) mass is 263 g/mol. The molecule has 1 fully saturated rings. The molecule has 1 aliphatic rings. The number of nitrogens with one attached hydrogen (secondary N) is 1. The molecule has 5 nitrogen and oxygen atoms in total. The quantitative estimate of drug-likeness (QED) is 0.847. The van der Waals surface area contributed by atoms with Crippen LogP contribution in [0.1, 0.15) is 30.1 Å². The van der Waals surface area contributed by atoms with Gasteiger partial charge in [-0.25, -0.2) is 0 Å². The Morgan fingerprint density at radius 2 is 2.05 bits per heavy atom. The van der Waals surface area contributed by atoms with E-state index in [1.165, 1.54) is 0 Å². The molecule has 1 aromatic carbocycles. The normalized spacial score (nSPS) is 21.3. The summed E-state index contributed by atoms with van der Waals surface area (Å²) in [5.74, 6) is -0.776. The van der Waals surface area contributed by atoms with E-state index in [2.05, 4.69) is 5.32 Å². The van der Waals surface area contributed by atoms with Crippen molar-refractivity contribution in [3.05, 3.63) is 29.8 Å². The summed E-state index contributed by atoms with van der Waals surface area (Å²) in [7, 11) is 0. The number of benzene rings is 1. The van der Waals surface area contributed by atoms with Gasteiger partial charge >= 0.3 is 5.97 Å². The molecule has 1 aliphatic carbocycles. The van der Waals surface area contributed by atoms with Gasteiger partial charge in [0.25, 0.3) is 5.91 Å². The minimum Gasteiger partial charge on any atom is -0.493 e. The summed E-state index contributed by atoms with van der Waals surface area (Å²) in [5.41, 5.74) is 0.489. The standard InChI is InChI=1S/C14H17NO4/c1-2-19-12-6-4-3-5-11(12)13(16)15-10-7-9(8-10)14(17)18/h3-6,9-10H,2,7-8H2,1H3,(H,15,16)(H,17,18). The lowest BCUT2D eigenvalue weighted by Crippen LogP contribution is -2.46. The highest BCUT2D eigenvalue weighted by molar-refractivity contribution is 5.97. The summed E-state index contributed by atoms with van der Waals surface area (Å²) in [4.78, 5) is 22.8. The fraction of sp³-hybridized carbons (Fsp3) is 0.429. The molecule has 0 saturated heterocycles. The zero-order valence-electron chi connectivity index (χ0n) is 10.8. The van der Waals surface area contributed by atoms with Gasteiger partial charge in [-0.1, -0.05) is 12.1 Å². The van der Waals surface area contributed by atoms with Crippen molar-refractivity contribution < 1.29 is 19.4 Å². The van der Waals surface area contributed by atoms with Crippen LogP contribution in [0.4, 0.5) is 0 Å². The summed E-state index contributed by atoms with van der Waals surface area (Å²) < 4.78 is 5.40. The molecule has 0 aliphatic heterocycles. The minimum atomic E-state index is -0.791. The lowest BCUT2D eigenvalue weighted by Gasteiger charge is -2.32. The van der Waals surface area contributed by atoms with E-state index < -0.39 is 5.97 Å². The van der Waals surface area contributed by atoms with E-state index >= 15 is 0 Å². The maximum absolute atomic E-state index is 12.1. The molecule has 0 heterocycles. The van der Waals surface area contributed by atoms with Crippen LogP contribution in [0.25, 0.3) is 0 Å². The summed E-state index contributed by atoms with van der Waals surface area (Å²) >= 11 is 0. The first-order valence-electron chi connectivity index (χ1n) is 6.37. The van der Waals surface area contributed by atoms with Gasteiger partial charge in [0.15, 0.2) is 0 Å². The Labute approximate surface area is 111 Å². The van der Waals surface area contributed by atoms with Crippen LogP contribution in [0.15, 0.2) is 24.3 Å². The minimum absolute atomic E-state index is 0.0525. The zero-order valence-corrected chi connectivity index (χ0v) is 10.8. The maximum atomic E-state index is 12.1. The van der Waals surface area contributed by atoms with Crippen LogP contribution in [-0.2, 0) is 4.79 Å². The number of hydrogen-bond donors (Lipinski definition) is 2. The lowest BCUT2D eigenvalue weighted by atomic mass is 9.80. The molecule has 2 N–H and O–H groups in total. The third kappa shape index (κ3) is 3.05. The van der Waals surface area contributed by atoms with Gasteiger partial charge < -0.3 is 15.2 Å². The van der Waals surface area contributed by atoms with E-state index in [0.717, 1.165) is 0 Å². The van der Waals surface area contributed by atoms with E-state index in [-0.39, 0.29) is 17.9 Å². The Morgan fingerprint density at radius 1 is 1.37 bits per heavy atom. The molecule has 102 valence electrons. The highest BCUT2D eigenvalue weighted by atomic mass is 16.5. The molecule has 0 radical (unpaired) electrons. The van der Waals surface area contributed by atoms with Crippen molar-refractivity contribution in [2.75, 3.05) is 6.61 Å². The molecule has 1 aromatic rings. The van der Waals surface area contributed by atoms with Crippen LogP contribution < -0.4 is 10.1 Å². The average Bonchev–Trinajstić information content (AvgIpc) is 2.33. The fourth-order valence-electron chi connectivity index (χ4n) is 2.14. The fourth-order valence-corrected chi connectivity index (χ4v) is 2.14. The molecule has 1 amide bonds. The number of aliphatic carboxylic acids is 1. The van der Waals surface area contributed by atoms with Crippen molar-refractivity contribution in [1.82, 2.24) is 5.32 Å². The van der Waals surface area contributed by atoms with Crippen molar-refractivity contribution in [1.29, 1.82) is 0 Å². The first-order chi connectivity index (χ1) is 9.11. The number of para-hydroxylation sites is 1. The van der Waals surface area contributed by atoms with E-state index in [4.69, 9.17) is 9.84 Å². The van der Waals surface area contributed by atoms with Gasteiger partial charge in [0.2, 0.25) is 0 Å². The molecule has 19 heavy (non-hydrogen) atoms. The van der Waals surface area contributed by atoms with Crippen molar-refractivity contribution in [3.8, 4) is 5.75 Å². The topological polar surface area (TPSA) is 75.6 Å². The molecule has 0 atom stereocenters. The largest absolute Gasteiger partial charge is 0.493 e. The lowest BCUT2D eigenvalue weighted by molar-refractivity contribution is -0.145. The van der Waals surface area contributed by atoms with Gasteiger partial charge in [0.1, 0.15) is 5.75 Å². The van der Waals surface area contributed by atoms with Crippen LogP contribution in [0.2, 0.25) is 0 Å². The smallest absolute Gasteiger partial charge is 0.306 e. The third-order valence-electron chi connectivity index (χ3n) is 3.25. The molecule has 0 spiro atoms. The zero-order chi connectivity index (χ0) is 13.8. The van der Waals surface area contributed by atoms with Crippen LogP contribution >= 0.6 is 0 Å². The van der Waals surface area contributed by atoms with Gasteiger partial charge in [0, 0.05) is 6.04 Å². The second-order valence-electron chi connectivity index (χ2n) is 4.61. The van der Waals surface area contributed by atoms with Crippen molar-refractivity contribution in [2.45, 2.75) is 25.8 Å². The number of carbonyl (C=O) groups excluding carboxylic acids is 1. The molecular weight excluding hydrogens is 246 g/mol. The second kappa shape index (κ2) is 5.73. The first kappa shape index (κ1) is 13.4. The van der Waals surface area contributed by atoms with Crippen LogP contribution in [0, 0.1) is 5.92 Å². The predicted octanol–water partition coefficient (Wildman–Crippen LogP) is 1.68. The van der Waals surface area contributed by atoms with Gasteiger partial charge in [-0.2, -0.15) is 0 Å². The Bertz CT molecular complexity index is 480. The molecule has 0 aromatic heterocycles.